The van der Waals surface area contributed by atoms with E-state index in [1.54, 1.807) is 27.6 Å². The minimum atomic E-state index is -2.72. The summed E-state index contributed by atoms with van der Waals surface area (Å²) in [6, 6.07) is 5.99. The van der Waals surface area contributed by atoms with Crippen molar-refractivity contribution in [3.8, 4) is 5.88 Å². The first-order valence-electron chi connectivity index (χ1n) is 11.4. The summed E-state index contributed by atoms with van der Waals surface area (Å²) in [5.41, 5.74) is 1.73. The summed E-state index contributed by atoms with van der Waals surface area (Å²) in [4.78, 5) is 26.9. The summed E-state index contributed by atoms with van der Waals surface area (Å²) < 4.78 is 34.8. The molecule has 1 unspecified atom stereocenters. The number of nitrogens with one attached hydrogen (secondary N) is 1. The van der Waals surface area contributed by atoms with Gasteiger partial charge in [-0.25, -0.2) is 23.5 Å². The summed E-state index contributed by atoms with van der Waals surface area (Å²) in [5.74, 6) is -3.17. The van der Waals surface area contributed by atoms with Crippen LogP contribution < -0.4 is 15.0 Å². The number of alkyl halides is 2. The van der Waals surface area contributed by atoms with E-state index in [1.165, 1.54) is 19.2 Å². The molecule has 0 radical (unpaired) electrons. The van der Waals surface area contributed by atoms with Crippen molar-refractivity contribution in [2.24, 2.45) is 0 Å². The maximum atomic E-state index is 13.9. The van der Waals surface area contributed by atoms with Crippen LogP contribution in [0.4, 0.5) is 20.4 Å². The number of aromatic nitrogens is 4. The smallest absolute Gasteiger partial charge is 0.356 e. The second-order valence-electron chi connectivity index (χ2n) is 8.82. The zero-order valence-electron chi connectivity index (χ0n) is 19.8. The molecule has 2 N–H and O–H groups in total. The number of aromatic carboxylic acids is 1. The molecule has 4 heterocycles. The molecule has 1 saturated heterocycles. The van der Waals surface area contributed by atoms with Crippen LogP contribution in [-0.2, 0) is 0 Å². The Morgan fingerprint density at radius 3 is 2.59 bits per heavy atom. The summed E-state index contributed by atoms with van der Waals surface area (Å²) in [5, 5.41) is 13.8. The van der Waals surface area contributed by atoms with Gasteiger partial charge in [-0.15, -0.1) is 0 Å². The molecule has 1 aliphatic heterocycles. The number of anilines is 2. The first-order chi connectivity index (χ1) is 17.6. The van der Waals surface area contributed by atoms with Gasteiger partial charge in [0.2, 0.25) is 11.8 Å². The van der Waals surface area contributed by atoms with Crippen molar-refractivity contribution < 1.29 is 23.4 Å². The second kappa shape index (κ2) is 9.46. The van der Waals surface area contributed by atoms with Gasteiger partial charge in [-0.2, -0.15) is 4.98 Å². The number of hydrogen-bond acceptors (Lipinski definition) is 7. The third kappa shape index (κ3) is 4.80. The van der Waals surface area contributed by atoms with E-state index in [0.29, 0.717) is 39.0 Å². The number of piperidine rings is 1. The van der Waals surface area contributed by atoms with Crippen LogP contribution in [0, 0.1) is 0 Å². The molecule has 1 aromatic carbocycles. The Kier molecular flexibility index (Phi) is 6.45. The number of carboxylic acid groups (broad SMARTS) is 1. The molecule has 194 valence electrons. The highest BCUT2D eigenvalue weighted by molar-refractivity contribution is 6.31. The molecular weight excluding hydrogens is 529 g/mol. The quantitative estimate of drug-likeness (QED) is 0.294. The predicted octanol–water partition coefficient (Wildman–Crippen LogP) is 5.70. The van der Waals surface area contributed by atoms with E-state index >= 15 is 0 Å². The van der Waals surface area contributed by atoms with Crippen molar-refractivity contribution in [1.29, 1.82) is 0 Å². The van der Waals surface area contributed by atoms with Crippen LogP contribution in [0.2, 0.25) is 10.2 Å². The molecule has 13 heteroatoms. The Labute approximate surface area is 220 Å². The van der Waals surface area contributed by atoms with Gasteiger partial charge in [-0.1, -0.05) is 23.2 Å². The van der Waals surface area contributed by atoms with Gasteiger partial charge in [0.15, 0.2) is 11.3 Å². The largest absolute Gasteiger partial charge is 0.480 e. The van der Waals surface area contributed by atoms with E-state index in [0.717, 1.165) is 0 Å². The molecule has 3 aromatic heterocycles. The van der Waals surface area contributed by atoms with E-state index in [-0.39, 0.29) is 42.5 Å². The SMILES string of the molecule is COc1cn2c(N3CCC(F)(F)CC3)nc3c(C(C)Nc4ccc(Cl)nc4C(=O)O)cc(Cl)cc3c2n1. The lowest BCUT2D eigenvalue weighted by Gasteiger charge is -2.33. The number of pyridine rings is 1. The van der Waals surface area contributed by atoms with Gasteiger partial charge in [-0.05, 0) is 31.2 Å². The third-order valence-electron chi connectivity index (χ3n) is 6.35. The van der Waals surface area contributed by atoms with Crippen LogP contribution in [0.25, 0.3) is 16.6 Å². The molecule has 0 saturated carbocycles. The molecule has 0 amide bonds. The van der Waals surface area contributed by atoms with Crippen LogP contribution >= 0.6 is 23.2 Å². The normalized spacial score (nSPS) is 16.2. The van der Waals surface area contributed by atoms with Crippen molar-refractivity contribution >= 4 is 57.4 Å². The van der Waals surface area contributed by atoms with E-state index in [9.17, 15) is 18.7 Å². The molecule has 9 nitrogen and oxygen atoms in total. The lowest BCUT2D eigenvalue weighted by molar-refractivity contribution is -0.0222. The highest BCUT2D eigenvalue weighted by Crippen LogP contribution is 2.36. The van der Waals surface area contributed by atoms with Gasteiger partial charge in [0.1, 0.15) is 5.15 Å². The number of methoxy groups -OCH3 is 1. The van der Waals surface area contributed by atoms with E-state index in [2.05, 4.69) is 15.3 Å². The zero-order valence-corrected chi connectivity index (χ0v) is 21.3. The van der Waals surface area contributed by atoms with E-state index in [1.807, 2.05) is 6.92 Å². The Morgan fingerprint density at radius 2 is 1.92 bits per heavy atom. The molecule has 1 fully saturated rings. The van der Waals surface area contributed by atoms with Crippen LogP contribution in [-0.4, -0.2) is 56.6 Å². The number of carbonyl (C=O) groups is 1. The van der Waals surface area contributed by atoms with Crippen molar-refractivity contribution in [1.82, 2.24) is 19.4 Å². The molecule has 4 aromatic rings. The number of imidazole rings is 1. The van der Waals surface area contributed by atoms with Crippen LogP contribution in [0.5, 0.6) is 5.88 Å². The molecule has 0 bridgehead atoms. The summed E-state index contributed by atoms with van der Waals surface area (Å²) in [7, 11) is 1.49. The lowest BCUT2D eigenvalue weighted by Crippen LogP contribution is -2.40. The maximum Gasteiger partial charge on any atom is 0.356 e. The number of benzene rings is 1. The average Bonchev–Trinajstić information content (AvgIpc) is 3.29. The Hall–Kier alpha value is -3.44. The van der Waals surface area contributed by atoms with Crippen LogP contribution in [0.3, 0.4) is 0 Å². The molecular formula is C24H22Cl2F2N6O3. The fourth-order valence-electron chi connectivity index (χ4n) is 4.48. The minimum absolute atomic E-state index is 0.0536. The van der Waals surface area contributed by atoms with Crippen LogP contribution in [0.15, 0.2) is 30.5 Å². The zero-order chi connectivity index (χ0) is 26.5. The Balaban J connectivity index is 1.66. The van der Waals surface area contributed by atoms with Crippen LogP contribution in [0.1, 0.15) is 41.9 Å². The summed E-state index contributed by atoms with van der Waals surface area (Å²) in [6.07, 6.45) is 1.09. The molecule has 1 atom stereocenters. The fourth-order valence-corrected chi connectivity index (χ4v) is 4.86. The number of halogens is 4. The highest BCUT2D eigenvalue weighted by atomic mass is 35.5. The average molecular weight is 551 g/mol. The van der Waals surface area contributed by atoms with Gasteiger partial charge in [0.05, 0.1) is 30.6 Å². The Morgan fingerprint density at radius 1 is 1.19 bits per heavy atom. The number of nitrogens with zero attached hydrogens (tertiary/aromatic N) is 5. The molecule has 1 aliphatic rings. The van der Waals surface area contributed by atoms with Gasteiger partial charge in [-0.3, -0.25) is 4.40 Å². The standard InChI is InChI=1S/C24H22Cl2F2N6O3/c1-12(29-16-3-4-17(26)30-20(16)22(35)36)14-9-13(25)10-15-19(14)32-23(33-7-5-24(27,28)6-8-33)34-11-18(37-2)31-21(15)34/h3-4,9-12,29H,5-8H2,1-2H3,(H,35,36). The van der Waals surface area contributed by atoms with E-state index in [4.69, 9.17) is 32.9 Å². The monoisotopic (exact) mass is 550 g/mol. The summed E-state index contributed by atoms with van der Waals surface area (Å²) >= 11 is 12.4. The van der Waals surface area contributed by atoms with Gasteiger partial charge in [0, 0.05) is 41.9 Å². The third-order valence-corrected chi connectivity index (χ3v) is 6.77. The van der Waals surface area contributed by atoms with E-state index < -0.39 is 17.9 Å². The maximum absolute atomic E-state index is 13.9. The first-order valence-corrected chi connectivity index (χ1v) is 12.2. The molecule has 0 aliphatic carbocycles. The number of ether oxygens (including phenoxy) is 1. The number of hydrogen-bond donors (Lipinski definition) is 2. The van der Waals surface area contributed by atoms with Crippen molar-refractivity contribution in [2.45, 2.75) is 31.7 Å². The molecule has 0 spiro atoms. The highest BCUT2D eigenvalue weighted by Gasteiger charge is 2.35. The van der Waals surface area contributed by atoms with Gasteiger partial charge < -0.3 is 20.1 Å². The lowest BCUT2D eigenvalue weighted by atomic mass is 10.0. The second-order valence-corrected chi connectivity index (χ2v) is 9.65. The number of carboxylic acids is 1. The van der Waals surface area contributed by atoms with Crippen molar-refractivity contribution in [2.75, 3.05) is 30.4 Å². The fraction of sp³-hybridized carbons (Fsp3) is 0.333. The predicted molar refractivity (Wildman–Crippen MR) is 137 cm³/mol. The Bertz CT molecular complexity index is 1520. The number of rotatable bonds is 6. The van der Waals surface area contributed by atoms with Gasteiger partial charge >= 0.3 is 5.97 Å². The number of fused-ring (bicyclic) bond motifs is 3. The minimum Gasteiger partial charge on any atom is -0.480 e. The molecule has 5 rings (SSSR count). The molecule has 37 heavy (non-hydrogen) atoms. The van der Waals surface area contributed by atoms with Crippen molar-refractivity contribution in [3.63, 3.8) is 0 Å². The van der Waals surface area contributed by atoms with Gasteiger partial charge in [0.25, 0.3) is 5.92 Å². The first kappa shape index (κ1) is 25.2. The van der Waals surface area contributed by atoms with Crippen molar-refractivity contribution in [3.05, 3.63) is 51.9 Å². The summed E-state index contributed by atoms with van der Waals surface area (Å²) in [6.45, 7) is 2.07. The topological polar surface area (TPSA) is 105 Å².